The first-order valence-corrected chi connectivity index (χ1v) is 8.57. The maximum absolute atomic E-state index is 12.4. The first-order chi connectivity index (χ1) is 11.3. The molecule has 0 spiro atoms. The third kappa shape index (κ3) is 3.08. The van der Waals surface area contributed by atoms with Gasteiger partial charge in [0.2, 0.25) is 11.7 Å². The van der Waals surface area contributed by atoms with Crippen molar-refractivity contribution in [3.63, 3.8) is 0 Å². The van der Waals surface area contributed by atoms with Crippen LogP contribution in [0.4, 0.5) is 0 Å². The van der Waals surface area contributed by atoms with E-state index in [4.69, 9.17) is 0 Å². The fraction of sp³-hybridized carbons (Fsp3) is 0.588. The number of carbonyl (C=O) groups is 1. The minimum absolute atomic E-state index is 0.273. The van der Waals surface area contributed by atoms with E-state index in [1.807, 2.05) is 22.9 Å². The molecule has 2 aromatic rings. The summed E-state index contributed by atoms with van der Waals surface area (Å²) in [5.74, 6) is 1.72. The molecule has 2 fully saturated rings. The van der Waals surface area contributed by atoms with E-state index in [1.54, 1.807) is 6.20 Å². The zero-order chi connectivity index (χ0) is 15.6. The van der Waals surface area contributed by atoms with Crippen LogP contribution < -0.4 is 0 Å². The second-order valence-electron chi connectivity index (χ2n) is 6.74. The van der Waals surface area contributed by atoms with E-state index in [-0.39, 0.29) is 5.91 Å². The van der Waals surface area contributed by atoms with Crippen molar-refractivity contribution >= 4 is 11.7 Å². The van der Waals surface area contributed by atoms with Crippen LogP contribution in [0.25, 0.3) is 5.78 Å². The fourth-order valence-corrected chi connectivity index (χ4v) is 3.81. The molecule has 0 radical (unpaired) electrons. The quantitative estimate of drug-likeness (QED) is 0.860. The molecule has 6 heteroatoms. The van der Waals surface area contributed by atoms with Gasteiger partial charge < -0.3 is 4.90 Å². The predicted molar refractivity (Wildman–Crippen MR) is 86.8 cm³/mol. The lowest BCUT2D eigenvalue weighted by Crippen LogP contribution is -2.51. The molecule has 1 saturated carbocycles. The lowest BCUT2D eigenvalue weighted by molar-refractivity contribution is -0.136. The summed E-state index contributed by atoms with van der Waals surface area (Å²) in [6, 6.07) is 1.91. The summed E-state index contributed by atoms with van der Waals surface area (Å²) in [6.07, 6.45) is 10.8. The third-order valence-corrected chi connectivity index (χ3v) is 5.10. The Kier molecular flexibility index (Phi) is 3.99. The van der Waals surface area contributed by atoms with Gasteiger partial charge in [0.1, 0.15) is 0 Å². The molecule has 0 aromatic carbocycles. The van der Waals surface area contributed by atoms with Crippen molar-refractivity contribution in [1.82, 2.24) is 24.2 Å². The van der Waals surface area contributed by atoms with Gasteiger partial charge >= 0.3 is 0 Å². The molecule has 0 N–H and O–H groups in total. The van der Waals surface area contributed by atoms with E-state index in [0.29, 0.717) is 12.3 Å². The van der Waals surface area contributed by atoms with Crippen molar-refractivity contribution in [3.05, 3.63) is 30.4 Å². The van der Waals surface area contributed by atoms with Crippen LogP contribution in [-0.4, -0.2) is 56.3 Å². The van der Waals surface area contributed by atoms with Gasteiger partial charge in [-0.1, -0.05) is 12.8 Å². The normalized spacial score (nSPS) is 20.7. The highest BCUT2D eigenvalue weighted by atomic mass is 16.2. The van der Waals surface area contributed by atoms with Crippen molar-refractivity contribution in [2.24, 2.45) is 5.92 Å². The van der Waals surface area contributed by atoms with Crippen molar-refractivity contribution in [3.8, 4) is 0 Å². The summed E-state index contributed by atoms with van der Waals surface area (Å²) in [4.78, 5) is 25.3. The fourth-order valence-electron chi connectivity index (χ4n) is 3.81. The standard InChI is InChI=1S/C17H23N5O/c23-16-13-20(8-9-21(16)11-14-4-1-2-5-14)12-15-10-19-17-18-6-3-7-22(15)17/h3,6-7,10,14H,1-2,4-5,8-9,11-13H2. The van der Waals surface area contributed by atoms with Gasteiger partial charge in [-0.15, -0.1) is 0 Å². The Morgan fingerprint density at radius 3 is 2.87 bits per heavy atom. The summed E-state index contributed by atoms with van der Waals surface area (Å²) >= 11 is 0. The Morgan fingerprint density at radius 1 is 1.17 bits per heavy atom. The van der Waals surface area contributed by atoms with Crippen molar-refractivity contribution in [2.75, 3.05) is 26.2 Å². The molecule has 4 rings (SSSR count). The highest BCUT2D eigenvalue weighted by Gasteiger charge is 2.27. The van der Waals surface area contributed by atoms with Gasteiger partial charge in [0.25, 0.3) is 0 Å². The number of nitrogens with zero attached hydrogens (tertiary/aromatic N) is 5. The minimum Gasteiger partial charge on any atom is -0.340 e. The molecule has 0 atom stereocenters. The van der Waals surface area contributed by atoms with Crippen LogP contribution >= 0.6 is 0 Å². The molecule has 0 unspecified atom stereocenters. The van der Waals surface area contributed by atoms with Crippen LogP contribution in [0.5, 0.6) is 0 Å². The zero-order valence-corrected chi connectivity index (χ0v) is 13.4. The van der Waals surface area contributed by atoms with Gasteiger partial charge in [-0.25, -0.2) is 9.97 Å². The highest BCUT2D eigenvalue weighted by Crippen LogP contribution is 2.26. The molecule has 1 aliphatic heterocycles. The van der Waals surface area contributed by atoms with Crippen molar-refractivity contribution in [2.45, 2.75) is 32.2 Å². The number of imidazole rings is 1. The SMILES string of the molecule is O=C1CN(Cc2cnc3ncccn23)CCN1CC1CCCC1. The summed E-state index contributed by atoms with van der Waals surface area (Å²) in [7, 11) is 0. The average Bonchev–Trinajstić information content (AvgIpc) is 3.20. The van der Waals surface area contributed by atoms with Gasteiger partial charge in [-0.05, 0) is 24.8 Å². The number of rotatable bonds is 4. The third-order valence-electron chi connectivity index (χ3n) is 5.10. The number of hydrogen-bond acceptors (Lipinski definition) is 4. The van der Waals surface area contributed by atoms with Crippen LogP contribution in [0.1, 0.15) is 31.4 Å². The highest BCUT2D eigenvalue weighted by molar-refractivity contribution is 5.79. The molecule has 1 saturated heterocycles. The van der Waals surface area contributed by atoms with Crippen LogP contribution in [0.15, 0.2) is 24.7 Å². The molecule has 122 valence electrons. The van der Waals surface area contributed by atoms with Gasteiger partial charge in [0.05, 0.1) is 18.4 Å². The van der Waals surface area contributed by atoms with Crippen LogP contribution in [0.2, 0.25) is 0 Å². The van der Waals surface area contributed by atoms with Gasteiger partial charge in [0.15, 0.2) is 0 Å². The van der Waals surface area contributed by atoms with Crippen LogP contribution in [0, 0.1) is 5.92 Å². The lowest BCUT2D eigenvalue weighted by atomic mass is 10.1. The molecule has 1 aliphatic carbocycles. The second kappa shape index (κ2) is 6.28. The maximum Gasteiger partial charge on any atom is 0.236 e. The largest absolute Gasteiger partial charge is 0.340 e. The summed E-state index contributed by atoms with van der Waals surface area (Å²) in [5.41, 5.74) is 1.09. The molecule has 2 aromatic heterocycles. The zero-order valence-electron chi connectivity index (χ0n) is 13.4. The Morgan fingerprint density at radius 2 is 2.04 bits per heavy atom. The van der Waals surface area contributed by atoms with E-state index in [0.717, 1.165) is 37.8 Å². The number of piperazine rings is 1. The van der Waals surface area contributed by atoms with E-state index in [9.17, 15) is 4.79 Å². The van der Waals surface area contributed by atoms with Crippen molar-refractivity contribution < 1.29 is 4.79 Å². The lowest BCUT2D eigenvalue weighted by Gasteiger charge is -2.35. The molecule has 6 nitrogen and oxygen atoms in total. The van der Waals surface area contributed by atoms with Crippen LogP contribution in [-0.2, 0) is 11.3 Å². The predicted octanol–water partition coefficient (Wildman–Crippen LogP) is 1.56. The van der Waals surface area contributed by atoms with Gasteiger partial charge in [-0.2, -0.15) is 0 Å². The molecule has 2 aliphatic rings. The second-order valence-corrected chi connectivity index (χ2v) is 6.74. The number of amides is 1. The molecule has 3 heterocycles. The molecule has 0 bridgehead atoms. The number of fused-ring (bicyclic) bond motifs is 1. The van der Waals surface area contributed by atoms with Gasteiger partial charge in [-0.3, -0.25) is 14.1 Å². The number of hydrogen-bond donors (Lipinski definition) is 0. The van der Waals surface area contributed by atoms with E-state index in [1.165, 1.54) is 25.7 Å². The first-order valence-electron chi connectivity index (χ1n) is 8.57. The molecule has 1 amide bonds. The molecular weight excluding hydrogens is 290 g/mol. The Bertz CT molecular complexity index is 691. The van der Waals surface area contributed by atoms with E-state index in [2.05, 4.69) is 19.8 Å². The average molecular weight is 313 g/mol. The summed E-state index contributed by atoms with van der Waals surface area (Å²) in [6.45, 7) is 4.01. The smallest absolute Gasteiger partial charge is 0.236 e. The topological polar surface area (TPSA) is 53.7 Å². The monoisotopic (exact) mass is 313 g/mol. The van der Waals surface area contributed by atoms with Crippen LogP contribution in [0.3, 0.4) is 0 Å². The van der Waals surface area contributed by atoms with Crippen molar-refractivity contribution in [1.29, 1.82) is 0 Å². The van der Waals surface area contributed by atoms with E-state index < -0.39 is 0 Å². The first kappa shape index (κ1) is 14.6. The molecular formula is C17H23N5O. The number of aromatic nitrogens is 3. The Hall–Kier alpha value is -1.95. The van der Waals surface area contributed by atoms with E-state index >= 15 is 0 Å². The maximum atomic E-state index is 12.4. The molecule has 23 heavy (non-hydrogen) atoms. The summed E-state index contributed by atoms with van der Waals surface area (Å²) in [5, 5.41) is 0. The van der Waals surface area contributed by atoms with Gasteiger partial charge in [0, 0.05) is 38.6 Å². The summed E-state index contributed by atoms with van der Waals surface area (Å²) < 4.78 is 2.00. The Balaban J connectivity index is 1.37. The minimum atomic E-state index is 0.273. The number of carbonyl (C=O) groups excluding carboxylic acids is 1. The Labute approximate surface area is 136 Å².